The summed E-state index contributed by atoms with van der Waals surface area (Å²) in [4.78, 5) is 12.6. The van der Waals surface area contributed by atoms with Gasteiger partial charge in [-0.3, -0.25) is 9.48 Å². The molecule has 2 aromatic heterocycles. The van der Waals surface area contributed by atoms with Gasteiger partial charge in [-0.1, -0.05) is 18.2 Å². The van der Waals surface area contributed by atoms with Crippen molar-refractivity contribution in [3.8, 4) is 11.3 Å². The Morgan fingerprint density at radius 1 is 1.04 bits per heavy atom. The van der Waals surface area contributed by atoms with E-state index in [-0.39, 0.29) is 16.2 Å². The van der Waals surface area contributed by atoms with Gasteiger partial charge >= 0.3 is 0 Å². The first kappa shape index (κ1) is 15.4. The summed E-state index contributed by atoms with van der Waals surface area (Å²) in [6, 6.07) is 7.37. The molecule has 8 heteroatoms. The van der Waals surface area contributed by atoms with Gasteiger partial charge in [0.2, 0.25) is 0 Å². The SMILES string of the molecule is Cc1nn(C)c(=O)c(-c2nn(C)c3ccccc23)c1S(C)(=O)=O. The summed E-state index contributed by atoms with van der Waals surface area (Å²) in [5, 5.41) is 9.12. The van der Waals surface area contributed by atoms with Crippen LogP contribution in [0.15, 0.2) is 34.0 Å². The van der Waals surface area contributed by atoms with E-state index in [2.05, 4.69) is 10.2 Å². The van der Waals surface area contributed by atoms with E-state index < -0.39 is 15.4 Å². The van der Waals surface area contributed by atoms with Crippen LogP contribution in [0.5, 0.6) is 0 Å². The minimum Gasteiger partial charge on any atom is -0.267 e. The van der Waals surface area contributed by atoms with Gasteiger partial charge in [0.15, 0.2) is 9.84 Å². The van der Waals surface area contributed by atoms with Crippen LogP contribution in [0, 0.1) is 6.92 Å². The number of hydrogen-bond donors (Lipinski definition) is 0. The van der Waals surface area contributed by atoms with Gasteiger partial charge in [-0.15, -0.1) is 0 Å². The average molecular weight is 332 g/mol. The fourth-order valence-electron chi connectivity index (χ4n) is 2.82. The highest BCUT2D eigenvalue weighted by atomic mass is 32.2. The van der Waals surface area contributed by atoms with E-state index in [9.17, 15) is 13.2 Å². The van der Waals surface area contributed by atoms with E-state index in [1.807, 2.05) is 24.3 Å². The molecule has 0 saturated carbocycles. The Bertz CT molecular complexity index is 1090. The lowest BCUT2D eigenvalue weighted by Gasteiger charge is -2.10. The van der Waals surface area contributed by atoms with Gasteiger partial charge in [-0.2, -0.15) is 10.2 Å². The summed E-state index contributed by atoms with van der Waals surface area (Å²) in [6.07, 6.45) is 1.07. The summed E-state index contributed by atoms with van der Waals surface area (Å²) < 4.78 is 27.2. The van der Waals surface area contributed by atoms with E-state index in [1.165, 1.54) is 7.05 Å². The van der Waals surface area contributed by atoms with Crippen LogP contribution in [0.3, 0.4) is 0 Å². The molecule has 0 spiro atoms. The molecule has 3 rings (SSSR count). The Morgan fingerprint density at radius 2 is 1.70 bits per heavy atom. The van der Waals surface area contributed by atoms with Crippen LogP contribution in [0.25, 0.3) is 22.2 Å². The second-order valence-corrected chi connectivity index (χ2v) is 7.43. The van der Waals surface area contributed by atoms with Gasteiger partial charge < -0.3 is 0 Å². The Hall–Kier alpha value is -2.48. The van der Waals surface area contributed by atoms with Crippen LogP contribution in [0.1, 0.15) is 5.69 Å². The van der Waals surface area contributed by atoms with Crippen molar-refractivity contribution in [3.05, 3.63) is 40.3 Å². The fourth-order valence-corrected chi connectivity index (χ4v) is 3.95. The summed E-state index contributed by atoms with van der Waals surface area (Å²) in [5.74, 6) is 0. The first-order valence-electron chi connectivity index (χ1n) is 6.92. The smallest absolute Gasteiger partial charge is 0.267 e. The minimum atomic E-state index is -3.64. The van der Waals surface area contributed by atoms with E-state index in [1.54, 1.807) is 18.7 Å². The van der Waals surface area contributed by atoms with Crippen molar-refractivity contribution in [1.82, 2.24) is 19.6 Å². The van der Waals surface area contributed by atoms with Crippen molar-refractivity contribution in [2.24, 2.45) is 14.1 Å². The highest BCUT2D eigenvalue weighted by Crippen LogP contribution is 2.30. The number of sulfone groups is 1. The summed E-state index contributed by atoms with van der Waals surface area (Å²) in [6.45, 7) is 1.57. The van der Waals surface area contributed by atoms with Gasteiger partial charge in [-0.05, 0) is 13.0 Å². The molecular weight excluding hydrogens is 316 g/mol. The fraction of sp³-hybridized carbons (Fsp3) is 0.267. The molecule has 2 heterocycles. The van der Waals surface area contributed by atoms with Crippen LogP contribution in [-0.4, -0.2) is 34.2 Å². The monoisotopic (exact) mass is 332 g/mol. The molecule has 0 aliphatic heterocycles. The molecule has 0 unspecified atom stereocenters. The predicted molar refractivity (Wildman–Crippen MR) is 87.0 cm³/mol. The lowest BCUT2D eigenvalue weighted by Crippen LogP contribution is -2.26. The number of nitrogens with zero attached hydrogens (tertiary/aromatic N) is 4. The maximum atomic E-state index is 12.6. The number of aromatic nitrogens is 4. The van der Waals surface area contributed by atoms with Gasteiger partial charge in [0.05, 0.1) is 16.8 Å². The summed E-state index contributed by atoms with van der Waals surface area (Å²) in [7, 11) is -0.386. The van der Waals surface area contributed by atoms with Crippen LogP contribution in [0.4, 0.5) is 0 Å². The zero-order valence-electron chi connectivity index (χ0n) is 13.2. The van der Waals surface area contributed by atoms with E-state index in [4.69, 9.17) is 0 Å². The first-order valence-corrected chi connectivity index (χ1v) is 8.81. The highest BCUT2D eigenvalue weighted by Gasteiger charge is 2.26. The Morgan fingerprint density at radius 3 is 2.35 bits per heavy atom. The van der Waals surface area contributed by atoms with Crippen molar-refractivity contribution in [2.45, 2.75) is 11.8 Å². The standard InChI is InChI=1S/C15H16N4O3S/c1-9-14(23(4,21)22)12(15(20)19(3)16-9)13-10-7-5-6-8-11(10)18(2)17-13/h5-8H,1-4H3. The molecule has 0 saturated heterocycles. The van der Waals surface area contributed by atoms with E-state index >= 15 is 0 Å². The first-order chi connectivity index (χ1) is 10.7. The molecule has 23 heavy (non-hydrogen) atoms. The van der Waals surface area contributed by atoms with Crippen LogP contribution < -0.4 is 5.56 Å². The van der Waals surface area contributed by atoms with Gasteiger partial charge in [0, 0.05) is 25.7 Å². The molecule has 0 N–H and O–H groups in total. The molecule has 0 aliphatic carbocycles. The number of fused-ring (bicyclic) bond motifs is 1. The predicted octanol–water partition coefficient (Wildman–Crippen LogP) is 1.05. The molecule has 7 nitrogen and oxygen atoms in total. The largest absolute Gasteiger partial charge is 0.277 e. The molecule has 1 aromatic carbocycles. The second kappa shape index (κ2) is 5.02. The zero-order valence-corrected chi connectivity index (χ0v) is 14.0. The molecule has 0 amide bonds. The van der Waals surface area contributed by atoms with E-state index in [0.717, 1.165) is 21.8 Å². The molecule has 0 aliphatic rings. The highest BCUT2D eigenvalue weighted by molar-refractivity contribution is 7.90. The number of aryl methyl sites for hydroxylation is 3. The zero-order chi connectivity index (χ0) is 16.9. The van der Waals surface area contributed by atoms with Crippen LogP contribution >= 0.6 is 0 Å². The third kappa shape index (κ3) is 2.35. The number of rotatable bonds is 2. The normalized spacial score (nSPS) is 12.0. The van der Waals surface area contributed by atoms with Crippen molar-refractivity contribution < 1.29 is 8.42 Å². The lowest BCUT2D eigenvalue weighted by atomic mass is 10.1. The third-order valence-electron chi connectivity index (χ3n) is 3.73. The molecule has 0 radical (unpaired) electrons. The van der Waals surface area contributed by atoms with Gasteiger partial charge in [0.25, 0.3) is 5.56 Å². The Kier molecular flexibility index (Phi) is 3.36. The van der Waals surface area contributed by atoms with Crippen LogP contribution in [0.2, 0.25) is 0 Å². The van der Waals surface area contributed by atoms with Crippen molar-refractivity contribution >= 4 is 20.7 Å². The van der Waals surface area contributed by atoms with Gasteiger partial charge in [0.1, 0.15) is 10.6 Å². The van der Waals surface area contributed by atoms with Gasteiger partial charge in [-0.25, -0.2) is 13.1 Å². The average Bonchev–Trinajstić information content (AvgIpc) is 2.79. The molecular formula is C15H16N4O3S. The molecule has 120 valence electrons. The van der Waals surface area contributed by atoms with Crippen molar-refractivity contribution in [2.75, 3.05) is 6.26 Å². The van der Waals surface area contributed by atoms with Crippen molar-refractivity contribution in [1.29, 1.82) is 0 Å². The Balaban J connectivity index is 2.56. The maximum Gasteiger partial charge on any atom is 0.277 e. The topological polar surface area (TPSA) is 86.8 Å². The third-order valence-corrected chi connectivity index (χ3v) is 4.97. The van der Waals surface area contributed by atoms with E-state index in [0.29, 0.717) is 5.69 Å². The number of para-hydroxylation sites is 1. The molecule has 3 aromatic rings. The molecule has 0 atom stereocenters. The second-order valence-electron chi connectivity index (χ2n) is 5.48. The summed E-state index contributed by atoms with van der Waals surface area (Å²) >= 11 is 0. The van der Waals surface area contributed by atoms with Crippen LogP contribution in [-0.2, 0) is 23.9 Å². The lowest BCUT2D eigenvalue weighted by molar-refractivity contribution is 0.596. The summed E-state index contributed by atoms with van der Waals surface area (Å²) in [5.41, 5.74) is 1.03. The minimum absolute atomic E-state index is 0.0653. The molecule has 0 bridgehead atoms. The quantitative estimate of drug-likeness (QED) is 0.700. The molecule has 0 fully saturated rings. The Labute approximate surface area is 133 Å². The number of benzene rings is 1. The van der Waals surface area contributed by atoms with Crippen molar-refractivity contribution in [3.63, 3.8) is 0 Å². The number of hydrogen-bond acceptors (Lipinski definition) is 5. The maximum absolute atomic E-state index is 12.6.